The maximum atomic E-state index is 12.1. The molecule has 1 amide bonds. The fourth-order valence-corrected chi connectivity index (χ4v) is 2.40. The second-order valence-electron chi connectivity index (χ2n) is 5.88. The van der Waals surface area contributed by atoms with Gasteiger partial charge in [0.2, 0.25) is 6.79 Å². The number of hydrogen-bond acceptors (Lipinski definition) is 5. The van der Waals surface area contributed by atoms with E-state index in [0.717, 1.165) is 11.1 Å². The highest BCUT2D eigenvalue weighted by atomic mass is 16.7. The molecule has 130 valence electrons. The highest BCUT2D eigenvalue weighted by Crippen LogP contribution is 2.32. The van der Waals surface area contributed by atoms with Crippen LogP contribution in [0.4, 0.5) is 0 Å². The van der Waals surface area contributed by atoms with E-state index in [0.29, 0.717) is 23.6 Å². The van der Waals surface area contributed by atoms with E-state index in [4.69, 9.17) is 14.2 Å². The lowest BCUT2D eigenvalue weighted by atomic mass is 10.1. The zero-order valence-corrected chi connectivity index (χ0v) is 14.2. The third-order valence-electron chi connectivity index (χ3n) is 3.90. The Balaban J connectivity index is 1.52. The molecule has 0 N–H and O–H groups in total. The molecule has 6 heteroatoms. The van der Waals surface area contributed by atoms with Gasteiger partial charge in [-0.25, -0.2) is 4.79 Å². The molecule has 0 spiro atoms. The van der Waals surface area contributed by atoms with Crippen molar-refractivity contribution in [1.29, 1.82) is 0 Å². The van der Waals surface area contributed by atoms with E-state index in [1.54, 1.807) is 25.2 Å². The number of likely N-dealkylation sites (N-methyl/N-ethyl adjacent to an activating group) is 1. The Bertz CT molecular complexity index is 785. The van der Waals surface area contributed by atoms with Crippen LogP contribution in [0.1, 0.15) is 21.5 Å². The fraction of sp³-hybridized carbons (Fsp3) is 0.263. The van der Waals surface area contributed by atoms with Crippen LogP contribution in [-0.2, 0) is 16.1 Å². The lowest BCUT2D eigenvalue weighted by molar-refractivity contribution is -0.133. The van der Waals surface area contributed by atoms with Crippen LogP contribution in [0.3, 0.4) is 0 Å². The first-order valence-electron chi connectivity index (χ1n) is 7.89. The predicted octanol–water partition coefficient (Wildman–Crippen LogP) is 2.54. The number of nitrogens with zero attached hydrogens (tertiary/aromatic N) is 1. The first kappa shape index (κ1) is 16.8. The van der Waals surface area contributed by atoms with Crippen LogP contribution in [0.25, 0.3) is 0 Å². The van der Waals surface area contributed by atoms with Crippen molar-refractivity contribution in [2.75, 3.05) is 20.4 Å². The van der Waals surface area contributed by atoms with Crippen LogP contribution in [0.2, 0.25) is 0 Å². The van der Waals surface area contributed by atoms with E-state index in [1.165, 1.54) is 4.90 Å². The summed E-state index contributed by atoms with van der Waals surface area (Å²) in [5.41, 5.74) is 2.50. The van der Waals surface area contributed by atoms with E-state index < -0.39 is 5.97 Å². The SMILES string of the molecule is Cc1ccc(CN(C)C(=O)COC(=O)c2ccc3c(c2)OCO3)cc1. The average Bonchev–Trinajstić information content (AvgIpc) is 3.08. The van der Waals surface area contributed by atoms with Crippen molar-refractivity contribution in [3.63, 3.8) is 0 Å². The van der Waals surface area contributed by atoms with Crippen molar-refractivity contribution >= 4 is 11.9 Å². The number of amides is 1. The molecule has 0 atom stereocenters. The van der Waals surface area contributed by atoms with Crippen LogP contribution < -0.4 is 9.47 Å². The van der Waals surface area contributed by atoms with Gasteiger partial charge in [0.1, 0.15) is 0 Å². The van der Waals surface area contributed by atoms with Gasteiger partial charge < -0.3 is 19.1 Å². The summed E-state index contributed by atoms with van der Waals surface area (Å²) < 4.78 is 15.5. The van der Waals surface area contributed by atoms with Crippen LogP contribution >= 0.6 is 0 Å². The highest BCUT2D eigenvalue weighted by molar-refractivity contribution is 5.92. The van der Waals surface area contributed by atoms with Gasteiger partial charge in [-0.2, -0.15) is 0 Å². The molecule has 0 aliphatic carbocycles. The molecular formula is C19H19NO5. The van der Waals surface area contributed by atoms with Gasteiger partial charge in [0.15, 0.2) is 18.1 Å². The van der Waals surface area contributed by atoms with Crippen LogP contribution in [0.15, 0.2) is 42.5 Å². The molecule has 3 rings (SSSR count). The Morgan fingerprint density at radius 2 is 1.80 bits per heavy atom. The third kappa shape index (κ3) is 4.09. The van der Waals surface area contributed by atoms with E-state index in [-0.39, 0.29) is 19.3 Å². The van der Waals surface area contributed by atoms with Crippen LogP contribution in [0.5, 0.6) is 11.5 Å². The normalized spacial score (nSPS) is 11.9. The van der Waals surface area contributed by atoms with Gasteiger partial charge in [-0.15, -0.1) is 0 Å². The number of esters is 1. The quantitative estimate of drug-likeness (QED) is 0.782. The zero-order valence-electron chi connectivity index (χ0n) is 14.2. The number of carbonyl (C=O) groups is 2. The van der Waals surface area contributed by atoms with Gasteiger partial charge in [-0.05, 0) is 30.7 Å². The summed E-state index contributed by atoms with van der Waals surface area (Å²) in [6.07, 6.45) is 0. The molecule has 6 nitrogen and oxygen atoms in total. The van der Waals surface area contributed by atoms with Crippen LogP contribution in [-0.4, -0.2) is 37.2 Å². The number of hydrogen-bond donors (Lipinski definition) is 0. The maximum absolute atomic E-state index is 12.1. The van der Waals surface area contributed by atoms with Gasteiger partial charge >= 0.3 is 5.97 Å². The highest BCUT2D eigenvalue weighted by Gasteiger charge is 2.18. The van der Waals surface area contributed by atoms with Crippen molar-refractivity contribution in [3.8, 4) is 11.5 Å². The number of benzene rings is 2. The first-order valence-corrected chi connectivity index (χ1v) is 7.89. The number of fused-ring (bicyclic) bond motifs is 1. The molecule has 0 radical (unpaired) electrons. The molecule has 2 aromatic carbocycles. The Morgan fingerprint density at radius 3 is 2.56 bits per heavy atom. The summed E-state index contributed by atoms with van der Waals surface area (Å²) in [6, 6.07) is 12.7. The number of aryl methyl sites for hydroxylation is 1. The van der Waals surface area contributed by atoms with Crippen molar-refractivity contribution in [1.82, 2.24) is 4.90 Å². The van der Waals surface area contributed by atoms with Gasteiger partial charge in [0.25, 0.3) is 5.91 Å². The van der Waals surface area contributed by atoms with Gasteiger partial charge in [0.05, 0.1) is 5.56 Å². The molecule has 25 heavy (non-hydrogen) atoms. The molecule has 2 aromatic rings. The Kier molecular flexibility index (Phi) is 4.88. The fourth-order valence-electron chi connectivity index (χ4n) is 2.40. The van der Waals surface area contributed by atoms with Crippen LogP contribution in [0, 0.1) is 6.92 Å². The molecule has 1 aliphatic heterocycles. The summed E-state index contributed by atoms with van der Waals surface area (Å²) in [6.45, 7) is 2.29. The second kappa shape index (κ2) is 7.25. The smallest absolute Gasteiger partial charge is 0.338 e. The first-order chi connectivity index (χ1) is 12.0. The number of rotatable bonds is 5. The minimum Gasteiger partial charge on any atom is -0.454 e. The largest absolute Gasteiger partial charge is 0.454 e. The predicted molar refractivity (Wildman–Crippen MR) is 90.5 cm³/mol. The van der Waals surface area contributed by atoms with Gasteiger partial charge in [0, 0.05) is 13.6 Å². The third-order valence-corrected chi connectivity index (χ3v) is 3.90. The minimum atomic E-state index is -0.574. The standard InChI is InChI=1S/C19H19NO5/c1-13-3-5-14(6-4-13)10-20(2)18(21)11-23-19(22)15-7-8-16-17(9-15)25-12-24-16/h3-9H,10-12H2,1-2H3. The molecule has 0 bridgehead atoms. The molecule has 0 aromatic heterocycles. The Hall–Kier alpha value is -3.02. The minimum absolute atomic E-state index is 0.135. The second-order valence-corrected chi connectivity index (χ2v) is 5.88. The maximum Gasteiger partial charge on any atom is 0.338 e. The molecular weight excluding hydrogens is 322 g/mol. The van der Waals surface area contributed by atoms with E-state index in [2.05, 4.69) is 0 Å². The molecule has 0 saturated carbocycles. The summed E-state index contributed by atoms with van der Waals surface area (Å²) >= 11 is 0. The molecule has 0 saturated heterocycles. The summed E-state index contributed by atoms with van der Waals surface area (Å²) in [5.74, 6) is 0.243. The lowest BCUT2D eigenvalue weighted by Crippen LogP contribution is -2.30. The topological polar surface area (TPSA) is 65.1 Å². The summed E-state index contributed by atoms with van der Waals surface area (Å²) in [7, 11) is 1.68. The van der Waals surface area contributed by atoms with E-state index >= 15 is 0 Å². The number of carbonyl (C=O) groups excluding carboxylic acids is 2. The molecule has 0 fully saturated rings. The van der Waals surface area contributed by atoms with Crippen molar-refractivity contribution < 1.29 is 23.8 Å². The molecule has 1 aliphatic rings. The van der Waals surface area contributed by atoms with E-state index in [9.17, 15) is 9.59 Å². The monoisotopic (exact) mass is 341 g/mol. The van der Waals surface area contributed by atoms with Crippen molar-refractivity contribution in [3.05, 3.63) is 59.2 Å². The van der Waals surface area contributed by atoms with Gasteiger partial charge in [-0.3, -0.25) is 4.79 Å². The summed E-state index contributed by atoms with van der Waals surface area (Å²) in [4.78, 5) is 25.7. The Morgan fingerprint density at radius 1 is 1.08 bits per heavy atom. The number of ether oxygens (including phenoxy) is 3. The lowest BCUT2D eigenvalue weighted by Gasteiger charge is -2.17. The van der Waals surface area contributed by atoms with Crippen molar-refractivity contribution in [2.45, 2.75) is 13.5 Å². The van der Waals surface area contributed by atoms with E-state index in [1.807, 2.05) is 31.2 Å². The summed E-state index contributed by atoms with van der Waals surface area (Å²) in [5, 5.41) is 0. The molecule has 0 unspecified atom stereocenters. The molecule has 1 heterocycles. The Labute approximate surface area is 145 Å². The van der Waals surface area contributed by atoms with Gasteiger partial charge in [-0.1, -0.05) is 29.8 Å². The van der Waals surface area contributed by atoms with Crippen molar-refractivity contribution in [2.24, 2.45) is 0 Å². The average molecular weight is 341 g/mol. The zero-order chi connectivity index (χ0) is 17.8.